The molecule has 0 saturated heterocycles. The highest BCUT2D eigenvalue weighted by molar-refractivity contribution is 6.99. The summed E-state index contributed by atoms with van der Waals surface area (Å²) in [5.41, 5.74) is 3.28. The molecule has 1 aliphatic rings. The Kier molecular flexibility index (Phi) is 6.78. The molecule has 0 unspecified atom stereocenters. The van der Waals surface area contributed by atoms with Crippen LogP contribution in [0.25, 0.3) is 5.57 Å². The number of hydrogen-bond donors (Lipinski definition) is 1. The van der Waals surface area contributed by atoms with Gasteiger partial charge in [-0.2, -0.15) is 0 Å². The summed E-state index contributed by atoms with van der Waals surface area (Å²) >= 11 is 0. The summed E-state index contributed by atoms with van der Waals surface area (Å²) < 4.78 is 7.03. The molecule has 4 rings (SSSR count). The Hall–Kier alpha value is -3.15. The van der Waals surface area contributed by atoms with Gasteiger partial charge >= 0.3 is 6.09 Å². The van der Waals surface area contributed by atoms with E-state index in [9.17, 15) is 9.90 Å². The predicted octanol–water partition coefficient (Wildman–Crippen LogP) is 5.32. The maximum atomic E-state index is 12.2. The van der Waals surface area contributed by atoms with E-state index in [1.807, 2.05) is 24.3 Å². The van der Waals surface area contributed by atoms with Crippen molar-refractivity contribution in [2.75, 3.05) is 13.2 Å². The van der Waals surface area contributed by atoms with Gasteiger partial charge in [0.1, 0.15) is 0 Å². The first-order valence-corrected chi connectivity index (χ1v) is 13.7. The molecule has 3 aromatic rings. The molecule has 1 N–H and O–H groups in total. The summed E-state index contributed by atoms with van der Waals surface area (Å²) in [6.45, 7) is 9.45. The summed E-state index contributed by atoms with van der Waals surface area (Å²) in [6.07, 6.45) is 1.16. The van der Waals surface area contributed by atoms with Gasteiger partial charge in [0.05, 0.1) is 19.2 Å². The van der Waals surface area contributed by atoms with Crippen LogP contribution in [0.5, 0.6) is 0 Å². The van der Waals surface area contributed by atoms with E-state index in [0.29, 0.717) is 13.2 Å². The third-order valence-corrected chi connectivity index (χ3v) is 11.8. The van der Waals surface area contributed by atoms with Crippen molar-refractivity contribution in [3.8, 4) is 0 Å². The Morgan fingerprint density at radius 2 is 1.47 bits per heavy atom. The number of carboxylic acid groups (broad SMARTS) is 1. The lowest BCUT2D eigenvalue weighted by Gasteiger charge is -2.43. The number of carbonyl (C=O) groups is 1. The van der Waals surface area contributed by atoms with Gasteiger partial charge in [-0.15, -0.1) is 0 Å². The van der Waals surface area contributed by atoms with E-state index >= 15 is 0 Å². The summed E-state index contributed by atoms with van der Waals surface area (Å²) in [5.74, 6) is 0. The fourth-order valence-electron chi connectivity index (χ4n) is 5.10. The Balaban J connectivity index is 1.75. The normalized spacial score (nSPS) is 16.4. The van der Waals surface area contributed by atoms with Crippen molar-refractivity contribution >= 4 is 30.4 Å². The lowest BCUT2D eigenvalue weighted by Crippen LogP contribution is -2.67. The number of rotatable bonds is 6. The van der Waals surface area contributed by atoms with Crippen LogP contribution in [0.3, 0.4) is 0 Å². The quantitative estimate of drug-likeness (QED) is 0.495. The lowest BCUT2D eigenvalue weighted by molar-refractivity contribution is 0.128. The monoisotopic (exact) mass is 471 g/mol. The summed E-state index contributed by atoms with van der Waals surface area (Å²) in [6, 6.07) is 28.7. The first-order valence-electron chi connectivity index (χ1n) is 11.8. The minimum absolute atomic E-state index is 0.162. The van der Waals surface area contributed by atoms with Crippen molar-refractivity contribution in [2.45, 2.75) is 38.8 Å². The van der Waals surface area contributed by atoms with Gasteiger partial charge in [-0.25, -0.2) is 4.79 Å². The van der Waals surface area contributed by atoms with Gasteiger partial charge in [-0.1, -0.05) is 112 Å². The van der Waals surface area contributed by atoms with E-state index < -0.39 is 14.4 Å². The fraction of sp³-hybridized carbons (Fsp3) is 0.276. The highest BCUT2D eigenvalue weighted by Gasteiger charge is 2.50. The van der Waals surface area contributed by atoms with E-state index in [2.05, 4.69) is 94.4 Å². The standard InChI is InChI=1S/C29H33NO3Si/c1-22-13-11-12-18-27(22)23-19-24(30(20-23)28(31)32)21-33-34(29(2,3)4,25-14-7-5-8-15-25)26-16-9-6-10-17-26/h5-19,24H,20-21H2,1-4H3,(H,31,32)/t24-/m0/s1. The van der Waals surface area contributed by atoms with Gasteiger partial charge in [0.2, 0.25) is 0 Å². The minimum Gasteiger partial charge on any atom is -0.465 e. The third kappa shape index (κ3) is 4.46. The number of nitrogens with zero attached hydrogens (tertiary/aromatic N) is 1. The predicted molar refractivity (Wildman–Crippen MR) is 141 cm³/mol. The number of benzene rings is 3. The lowest BCUT2D eigenvalue weighted by atomic mass is 10.0. The van der Waals surface area contributed by atoms with Gasteiger partial charge in [-0.05, 0) is 39.0 Å². The molecule has 0 fully saturated rings. The molecule has 3 aromatic carbocycles. The number of amides is 1. The molecule has 1 heterocycles. The zero-order chi connectivity index (χ0) is 24.3. The topological polar surface area (TPSA) is 49.8 Å². The van der Waals surface area contributed by atoms with E-state index in [4.69, 9.17) is 4.43 Å². The van der Waals surface area contributed by atoms with Crippen LogP contribution in [-0.2, 0) is 4.43 Å². The van der Waals surface area contributed by atoms with Crippen molar-refractivity contribution in [3.05, 3.63) is 102 Å². The smallest absolute Gasteiger partial charge is 0.408 e. The highest BCUT2D eigenvalue weighted by Crippen LogP contribution is 2.37. The molecule has 0 bridgehead atoms. The van der Waals surface area contributed by atoms with Crippen molar-refractivity contribution in [2.24, 2.45) is 0 Å². The molecule has 1 amide bonds. The molecule has 0 spiro atoms. The summed E-state index contributed by atoms with van der Waals surface area (Å²) in [4.78, 5) is 13.7. The molecule has 176 valence electrons. The number of hydrogen-bond acceptors (Lipinski definition) is 2. The molecule has 34 heavy (non-hydrogen) atoms. The van der Waals surface area contributed by atoms with Gasteiger partial charge in [-0.3, -0.25) is 4.90 Å². The minimum atomic E-state index is -2.74. The van der Waals surface area contributed by atoms with Crippen LogP contribution in [0.4, 0.5) is 4.79 Å². The van der Waals surface area contributed by atoms with Crippen LogP contribution in [-0.4, -0.2) is 43.6 Å². The molecule has 1 aliphatic heterocycles. The average Bonchev–Trinajstić information content (AvgIpc) is 3.25. The third-order valence-electron chi connectivity index (χ3n) is 6.76. The maximum Gasteiger partial charge on any atom is 0.408 e. The SMILES string of the molecule is Cc1ccccc1C1=C[C@@H](CO[Si](c2ccccc2)(c2ccccc2)C(C)(C)C)N(C(=O)O)C1. The molecule has 0 saturated carbocycles. The number of aryl methyl sites for hydroxylation is 1. The molecular weight excluding hydrogens is 438 g/mol. The molecule has 0 aliphatic carbocycles. The van der Waals surface area contributed by atoms with Crippen LogP contribution in [0.2, 0.25) is 5.04 Å². The van der Waals surface area contributed by atoms with Crippen molar-refractivity contribution < 1.29 is 14.3 Å². The van der Waals surface area contributed by atoms with Crippen molar-refractivity contribution in [1.82, 2.24) is 4.90 Å². The zero-order valence-electron chi connectivity index (χ0n) is 20.4. The highest BCUT2D eigenvalue weighted by atomic mass is 28.4. The van der Waals surface area contributed by atoms with Gasteiger partial charge in [0.25, 0.3) is 8.32 Å². The van der Waals surface area contributed by atoms with Crippen LogP contribution >= 0.6 is 0 Å². The Labute approximate surface area is 203 Å². The van der Waals surface area contributed by atoms with Crippen LogP contribution in [0.1, 0.15) is 31.9 Å². The Morgan fingerprint density at radius 1 is 0.941 bits per heavy atom. The molecule has 4 nitrogen and oxygen atoms in total. The molecule has 1 atom stereocenters. The average molecular weight is 472 g/mol. The second kappa shape index (κ2) is 9.61. The summed E-state index contributed by atoms with van der Waals surface area (Å²) in [5, 5.41) is 12.2. The maximum absolute atomic E-state index is 12.2. The second-order valence-corrected chi connectivity index (χ2v) is 14.3. The molecule has 0 aromatic heterocycles. The van der Waals surface area contributed by atoms with E-state index in [-0.39, 0.29) is 11.1 Å². The zero-order valence-corrected chi connectivity index (χ0v) is 21.4. The van der Waals surface area contributed by atoms with Crippen LogP contribution in [0.15, 0.2) is 91.0 Å². The van der Waals surface area contributed by atoms with E-state index in [1.165, 1.54) is 15.3 Å². The molecule has 5 heteroatoms. The molecule has 0 radical (unpaired) electrons. The van der Waals surface area contributed by atoms with Crippen molar-refractivity contribution in [3.63, 3.8) is 0 Å². The van der Waals surface area contributed by atoms with E-state index in [1.54, 1.807) is 0 Å². The van der Waals surface area contributed by atoms with Gasteiger partial charge in [0.15, 0.2) is 0 Å². The van der Waals surface area contributed by atoms with Crippen LogP contribution < -0.4 is 10.4 Å². The Bertz CT molecular complexity index is 1130. The molecular formula is C29H33NO3Si. The van der Waals surface area contributed by atoms with Gasteiger partial charge < -0.3 is 9.53 Å². The second-order valence-electron chi connectivity index (χ2n) is 9.96. The van der Waals surface area contributed by atoms with Crippen LogP contribution in [0, 0.1) is 6.92 Å². The first kappa shape index (κ1) is 24.0. The van der Waals surface area contributed by atoms with Gasteiger partial charge in [0, 0.05) is 0 Å². The van der Waals surface area contributed by atoms with E-state index in [0.717, 1.165) is 16.7 Å². The first-order chi connectivity index (χ1) is 16.2. The van der Waals surface area contributed by atoms with Crippen molar-refractivity contribution in [1.29, 1.82) is 0 Å². The Morgan fingerprint density at radius 3 is 1.97 bits per heavy atom. The fourth-order valence-corrected chi connectivity index (χ4v) is 9.68. The largest absolute Gasteiger partial charge is 0.465 e. The summed E-state index contributed by atoms with van der Waals surface area (Å²) in [7, 11) is -2.74.